The second-order valence-corrected chi connectivity index (χ2v) is 4.05. The zero-order valence-electron chi connectivity index (χ0n) is 9.77. The van der Waals surface area contributed by atoms with E-state index in [-0.39, 0.29) is 5.91 Å². The van der Waals surface area contributed by atoms with Gasteiger partial charge in [0.2, 0.25) is 0 Å². The van der Waals surface area contributed by atoms with Crippen LogP contribution in [-0.2, 0) is 0 Å². The topological polar surface area (TPSA) is 29.5 Å². The first-order valence-corrected chi connectivity index (χ1v) is 5.71. The van der Waals surface area contributed by atoms with Gasteiger partial charge in [-0.25, -0.2) is 0 Å². The number of hydrogen-bond donors (Lipinski definition) is 0. The number of amides is 1. The van der Waals surface area contributed by atoms with Gasteiger partial charge < -0.3 is 9.64 Å². The van der Waals surface area contributed by atoms with Crippen molar-refractivity contribution in [2.75, 3.05) is 13.7 Å². The molecule has 1 aromatic rings. The van der Waals surface area contributed by atoms with Crippen LogP contribution in [0, 0.1) is 0 Å². The van der Waals surface area contributed by atoms with Crippen LogP contribution in [0.2, 0.25) is 0 Å². The van der Waals surface area contributed by atoms with Crippen LogP contribution in [0.3, 0.4) is 0 Å². The van der Waals surface area contributed by atoms with E-state index in [4.69, 9.17) is 4.74 Å². The van der Waals surface area contributed by atoms with Gasteiger partial charge in [0.15, 0.2) is 0 Å². The van der Waals surface area contributed by atoms with Gasteiger partial charge in [-0.1, -0.05) is 6.07 Å². The van der Waals surface area contributed by atoms with E-state index in [1.807, 2.05) is 30.0 Å². The van der Waals surface area contributed by atoms with Crippen molar-refractivity contribution in [1.82, 2.24) is 4.90 Å². The Balaban J connectivity index is 2.18. The van der Waals surface area contributed by atoms with Crippen LogP contribution in [0.1, 0.15) is 30.1 Å². The molecule has 0 unspecified atom stereocenters. The molecule has 1 amide bonds. The van der Waals surface area contributed by atoms with E-state index in [1.165, 1.54) is 0 Å². The van der Waals surface area contributed by atoms with E-state index in [0.717, 1.165) is 25.1 Å². The summed E-state index contributed by atoms with van der Waals surface area (Å²) in [6, 6.07) is 7.81. The van der Waals surface area contributed by atoms with E-state index in [2.05, 4.69) is 0 Å². The highest BCUT2D eigenvalue weighted by molar-refractivity contribution is 5.95. The van der Waals surface area contributed by atoms with Gasteiger partial charge in [0.1, 0.15) is 5.75 Å². The summed E-state index contributed by atoms with van der Waals surface area (Å²) in [6.45, 7) is 2.80. The first-order valence-electron chi connectivity index (χ1n) is 5.71. The molecule has 0 bridgehead atoms. The van der Waals surface area contributed by atoms with E-state index in [0.29, 0.717) is 11.6 Å². The molecule has 0 N–H and O–H groups in total. The Morgan fingerprint density at radius 1 is 1.50 bits per heavy atom. The third kappa shape index (κ3) is 2.18. The van der Waals surface area contributed by atoms with Crippen molar-refractivity contribution in [3.05, 3.63) is 29.8 Å². The number of carbonyl (C=O) groups excluding carboxylic acids is 1. The van der Waals surface area contributed by atoms with Crippen molar-refractivity contribution in [3.8, 4) is 5.75 Å². The summed E-state index contributed by atoms with van der Waals surface area (Å²) < 4.78 is 5.12. The fourth-order valence-electron chi connectivity index (χ4n) is 1.88. The largest absolute Gasteiger partial charge is 0.497 e. The van der Waals surface area contributed by atoms with Crippen LogP contribution in [0.5, 0.6) is 5.75 Å². The molecule has 0 radical (unpaired) electrons. The molecule has 3 heteroatoms. The minimum Gasteiger partial charge on any atom is -0.497 e. The summed E-state index contributed by atoms with van der Waals surface area (Å²) in [7, 11) is 1.61. The number of carbonyl (C=O) groups is 1. The SMILES string of the molecule is CCN(C(=O)c1cccc(OC)c1)C1CC1. The second-order valence-electron chi connectivity index (χ2n) is 4.05. The lowest BCUT2D eigenvalue weighted by atomic mass is 10.2. The lowest BCUT2D eigenvalue weighted by Gasteiger charge is -2.20. The first kappa shape index (κ1) is 11.0. The zero-order chi connectivity index (χ0) is 11.5. The lowest BCUT2D eigenvalue weighted by molar-refractivity contribution is 0.0752. The molecule has 0 heterocycles. The molecule has 1 saturated carbocycles. The van der Waals surface area contributed by atoms with Crippen LogP contribution in [-0.4, -0.2) is 30.5 Å². The van der Waals surface area contributed by atoms with Crippen LogP contribution < -0.4 is 4.74 Å². The summed E-state index contributed by atoms with van der Waals surface area (Å²) in [5, 5.41) is 0. The van der Waals surface area contributed by atoms with E-state index < -0.39 is 0 Å². The van der Waals surface area contributed by atoms with Crippen LogP contribution in [0.25, 0.3) is 0 Å². The summed E-state index contributed by atoms with van der Waals surface area (Å²) in [5.74, 6) is 0.849. The molecule has 1 aliphatic carbocycles. The third-order valence-corrected chi connectivity index (χ3v) is 2.91. The van der Waals surface area contributed by atoms with Gasteiger partial charge in [0.05, 0.1) is 7.11 Å². The molecule has 0 aliphatic heterocycles. The molecule has 0 saturated heterocycles. The van der Waals surface area contributed by atoms with Crippen molar-refractivity contribution >= 4 is 5.91 Å². The Morgan fingerprint density at radius 2 is 2.25 bits per heavy atom. The normalized spacial score (nSPS) is 14.6. The number of nitrogens with zero attached hydrogens (tertiary/aromatic N) is 1. The van der Waals surface area contributed by atoms with E-state index >= 15 is 0 Å². The minimum atomic E-state index is 0.115. The summed E-state index contributed by atoms with van der Waals surface area (Å²) in [5.41, 5.74) is 0.716. The molecule has 86 valence electrons. The van der Waals surface area contributed by atoms with Gasteiger partial charge in [-0.2, -0.15) is 0 Å². The fraction of sp³-hybridized carbons (Fsp3) is 0.462. The van der Waals surface area contributed by atoms with Gasteiger partial charge in [0, 0.05) is 18.2 Å². The third-order valence-electron chi connectivity index (χ3n) is 2.91. The van der Waals surface area contributed by atoms with Gasteiger partial charge in [-0.05, 0) is 38.0 Å². The smallest absolute Gasteiger partial charge is 0.254 e. The number of benzene rings is 1. The molecule has 3 nitrogen and oxygen atoms in total. The maximum Gasteiger partial charge on any atom is 0.254 e. The van der Waals surface area contributed by atoms with Crippen molar-refractivity contribution in [2.45, 2.75) is 25.8 Å². The summed E-state index contributed by atoms with van der Waals surface area (Å²) in [4.78, 5) is 14.1. The molecule has 1 fully saturated rings. The van der Waals surface area contributed by atoms with Gasteiger partial charge in [0.25, 0.3) is 5.91 Å². The highest BCUT2D eigenvalue weighted by Crippen LogP contribution is 2.28. The van der Waals surface area contributed by atoms with E-state index in [1.54, 1.807) is 13.2 Å². The monoisotopic (exact) mass is 219 g/mol. The predicted molar refractivity (Wildman–Crippen MR) is 62.7 cm³/mol. The average molecular weight is 219 g/mol. The molecular weight excluding hydrogens is 202 g/mol. The minimum absolute atomic E-state index is 0.115. The zero-order valence-corrected chi connectivity index (χ0v) is 9.77. The van der Waals surface area contributed by atoms with Crippen LogP contribution in [0.4, 0.5) is 0 Å². The van der Waals surface area contributed by atoms with Gasteiger partial charge >= 0.3 is 0 Å². The molecule has 0 atom stereocenters. The fourth-order valence-corrected chi connectivity index (χ4v) is 1.88. The number of ether oxygens (including phenoxy) is 1. The average Bonchev–Trinajstić information content (AvgIpc) is 3.14. The second kappa shape index (κ2) is 4.56. The Kier molecular flexibility index (Phi) is 3.13. The Morgan fingerprint density at radius 3 is 2.81 bits per heavy atom. The summed E-state index contributed by atoms with van der Waals surface area (Å²) >= 11 is 0. The molecule has 1 aromatic carbocycles. The Labute approximate surface area is 96.0 Å². The maximum atomic E-state index is 12.2. The van der Waals surface area contributed by atoms with Crippen molar-refractivity contribution < 1.29 is 9.53 Å². The van der Waals surface area contributed by atoms with Crippen molar-refractivity contribution in [3.63, 3.8) is 0 Å². The Hall–Kier alpha value is -1.51. The number of hydrogen-bond acceptors (Lipinski definition) is 2. The van der Waals surface area contributed by atoms with E-state index in [9.17, 15) is 4.79 Å². The predicted octanol–water partition coefficient (Wildman–Crippen LogP) is 2.32. The van der Waals surface area contributed by atoms with Crippen LogP contribution in [0.15, 0.2) is 24.3 Å². The van der Waals surface area contributed by atoms with Crippen LogP contribution >= 0.6 is 0 Å². The first-order chi connectivity index (χ1) is 7.76. The molecule has 2 rings (SSSR count). The highest BCUT2D eigenvalue weighted by atomic mass is 16.5. The van der Waals surface area contributed by atoms with Gasteiger partial charge in [-0.3, -0.25) is 4.79 Å². The molecule has 16 heavy (non-hydrogen) atoms. The quantitative estimate of drug-likeness (QED) is 0.777. The summed E-state index contributed by atoms with van der Waals surface area (Å²) in [6.07, 6.45) is 2.28. The Bertz CT molecular complexity index is 385. The van der Waals surface area contributed by atoms with Gasteiger partial charge in [-0.15, -0.1) is 0 Å². The standard InChI is InChI=1S/C13H17NO2/c1-3-14(11-7-8-11)13(15)10-5-4-6-12(9-10)16-2/h4-6,9,11H,3,7-8H2,1-2H3. The molecule has 0 aromatic heterocycles. The molecule has 1 aliphatic rings. The number of methoxy groups -OCH3 is 1. The highest BCUT2D eigenvalue weighted by Gasteiger charge is 2.31. The number of rotatable bonds is 4. The lowest BCUT2D eigenvalue weighted by Crippen LogP contribution is -2.32. The molecule has 0 spiro atoms. The van der Waals surface area contributed by atoms with Crippen molar-refractivity contribution in [2.24, 2.45) is 0 Å². The van der Waals surface area contributed by atoms with Crippen molar-refractivity contribution in [1.29, 1.82) is 0 Å². The maximum absolute atomic E-state index is 12.2. The molecular formula is C13H17NO2.